The van der Waals surface area contributed by atoms with E-state index in [0.29, 0.717) is 11.4 Å². The first kappa shape index (κ1) is 14.1. The summed E-state index contributed by atoms with van der Waals surface area (Å²) >= 11 is 0. The average molecular weight is 292 g/mol. The molecule has 3 rings (SSSR count). The van der Waals surface area contributed by atoms with Gasteiger partial charge in [0.15, 0.2) is 0 Å². The van der Waals surface area contributed by atoms with E-state index in [1.165, 1.54) is 0 Å². The summed E-state index contributed by atoms with van der Waals surface area (Å²) in [5.41, 5.74) is 3.39. The van der Waals surface area contributed by atoms with Crippen LogP contribution in [0.5, 0.6) is 0 Å². The third-order valence-electron chi connectivity index (χ3n) is 3.73. The van der Waals surface area contributed by atoms with Crippen LogP contribution in [-0.4, -0.2) is 21.3 Å². The highest BCUT2D eigenvalue weighted by molar-refractivity contribution is 5.90. The number of H-pyrrole nitrogens is 1. The van der Waals surface area contributed by atoms with Crippen molar-refractivity contribution in [3.8, 4) is 0 Å². The summed E-state index contributed by atoms with van der Waals surface area (Å²) in [6, 6.07) is 19.7. The zero-order chi connectivity index (χ0) is 15.5. The number of carboxylic acid groups (broad SMARTS) is 1. The van der Waals surface area contributed by atoms with E-state index in [-0.39, 0.29) is 11.5 Å². The summed E-state index contributed by atoms with van der Waals surface area (Å²) in [5, 5.41) is 16.6. The molecule has 2 aromatic carbocycles. The number of hydrogen-bond donors (Lipinski definition) is 2. The molecule has 0 atom stereocenters. The summed E-state index contributed by atoms with van der Waals surface area (Å²) in [6.45, 7) is 1.73. The van der Waals surface area contributed by atoms with Crippen molar-refractivity contribution in [2.24, 2.45) is 0 Å². The van der Waals surface area contributed by atoms with Crippen LogP contribution in [0, 0.1) is 6.92 Å². The molecule has 4 nitrogen and oxygen atoms in total. The minimum atomic E-state index is -0.960. The van der Waals surface area contributed by atoms with Crippen molar-refractivity contribution in [1.82, 2.24) is 10.2 Å². The summed E-state index contributed by atoms with van der Waals surface area (Å²) in [5.74, 6) is -1.17. The molecule has 0 aliphatic carbocycles. The Morgan fingerprint density at radius 2 is 1.50 bits per heavy atom. The molecule has 1 heterocycles. The highest BCUT2D eigenvalue weighted by Gasteiger charge is 2.26. The maximum Gasteiger partial charge on any atom is 0.339 e. The van der Waals surface area contributed by atoms with Crippen LogP contribution in [0.25, 0.3) is 0 Å². The Bertz CT molecular complexity index is 740. The fraction of sp³-hybridized carbons (Fsp3) is 0.111. The van der Waals surface area contributed by atoms with Crippen LogP contribution in [-0.2, 0) is 0 Å². The molecule has 0 amide bonds. The highest BCUT2D eigenvalue weighted by atomic mass is 16.4. The van der Waals surface area contributed by atoms with Crippen LogP contribution >= 0.6 is 0 Å². The van der Waals surface area contributed by atoms with Gasteiger partial charge in [-0.2, -0.15) is 5.10 Å². The maximum atomic E-state index is 11.6. The number of aromatic nitrogens is 2. The Morgan fingerprint density at radius 1 is 1.00 bits per heavy atom. The molecule has 0 bridgehead atoms. The fourth-order valence-corrected chi connectivity index (χ4v) is 2.73. The van der Waals surface area contributed by atoms with Crippen molar-refractivity contribution in [1.29, 1.82) is 0 Å². The van der Waals surface area contributed by atoms with Crippen LogP contribution in [0.15, 0.2) is 60.7 Å². The SMILES string of the molecule is Cc1[nH]nc(C(c2ccccc2)c2ccccc2)c1C(=O)O. The van der Waals surface area contributed by atoms with Gasteiger partial charge in [0, 0.05) is 5.69 Å². The Labute approximate surface area is 128 Å². The molecule has 3 aromatic rings. The molecule has 0 unspecified atom stereocenters. The summed E-state index contributed by atoms with van der Waals surface area (Å²) in [4.78, 5) is 11.6. The average Bonchev–Trinajstić information content (AvgIpc) is 2.91. The van der Waals surface area contributed by atoms with Gasteiger partial charge in [0.25, 0.3) is 0 Å². The van der Waals surface area contributed by atoms with E-state index in [1.807, 2.05) is 60.7 Å². The predicted molar refractivity (Wildman–Crippen MR) is 84.1 cm³/mol. The highest BCUT2D eigenvalue weighted by Crippen LogP contribution is 2.33. The van der Waals surface area contributed by atoms with Crippen molar-refractivity contribution in [2.75, 3.05) is 0 Å². The molecule has 0 spiro atoms. The topological polar surface area (TPSA) is 66.0 Å². The Balaban J connectivity index is 2.21. The van der Waals surface area contributed by atoms with Crippen LogP contribution < -0.4 is 0 Å². The smallest absolute Gasteiger partial charge is 0.339 e. The number of nitrogens with one attached hydrogen (secondary N) is 1. The number of carbonyl (C=O) groups is 1. The summed E-state index contributed by atoms with van der Waals surface area (Å²) < 4.78 is 0. The van der Waals surface area contributed by atoms with Gasteiger partial charge in [-0.05, 0) is 18.1 Å². The molecule has 22 heavy (non-hydrogen) atoms. The van der Waals surface area contributed by atoms with Crippen molar-refractivity contribution < 1.29 is 9.90 Å². The molecule has 0 fully saturated rings. The first-order chi connectivity index (χ1) is 10.7. The predicted octanol–water partition coefficient (Wildman–Crippen LogP) is 3.60. The lowest BCUT2D eigenvalue weighted by atomic mass is 9.86. The number of benzene rings is 2. The molecule has 0 saturated heterocycles. The number of carboxylic acids is 1. The van der Waals surface area contributed by atoms with E-state index in [9.17, 15) is 9.90 Å². The second-order valence-electron chi connectivity index (χ2n) is 5.17. The van der Waals surface area contributed by atoms with Gasteiger partial charge in [-0.15, -0.1) is 0 Å². The van der Waals surface area contributed by atoms with Crippen LogP contribution in [0.1, 0.15) is 38.8 Å². The zero-order valence-electron chi connectivity index (χ0n) is 12.2. The van der Waals surface area contributed by atoms with Gasteiger partial charge < -0.3 is 5.11 Å². The molecular formula is C18H16N2O2. The molecule has 4 heteroatoms. The Hall–Kier alpha value is -2.88. The third-order valence-corrected chi connectivity index (χ3v) is 3.73. The minimum absolute atomic E-state index is 0.210. The molecule has 0 radical (unpaired) electrons. The largest absolute Gasteiger partial charge is 0.478 e. The van der Waals surface area contributed by atoms with Gasteiger partial charge in [-0.1, -0.05) is 60.7 Å². The number of aryl methyl sites for hydroxylation is 1. The van der Waals surface area contributed by atoms with E-state index in [2.05, 4.69) is 10.2 Å². The lowest BCUT2D eigenvalue weighted by Gasteiger charge is -2.17. The third kappa shape index (κ3) is 2.51. The molecular weight excluding hydrogens is 276 g/mol. The monoisotopic (exact) mass is 292 g/mol. The quantitative estimate of drug-likeness (QED) is 0.772. The number of aromatic carboxylic acids is 1. The molecule has 2 N–H and O–H groups in total. The number of nitrogens with zero attached hydrogens (tertiary/aromatic N) is 1. The minimum Gasteiger partial charge on any atom is -0.478 e. The van der Waals surface area contributed by atoms with Crippen LogP contribution in [0.4, 0.5) is 0 Å². The first-order valence-electron chi connectivity index (χ1n) is 7.06. The standard InChI is InChI=1S/C18H16N2O2/c1-12-15(18(21)22)17(20-19-12)16(13-8-4-2-5-9-13)14-10-6-3-7-11-14/h2-11,16H,1H3,(H,19,20)(H,21,22). The van der Waals surface area contributed by atoms with Crippen LogP contribution in [0.2, 0.25) is 0 Å². The van der Waals surface area contributed by atoms with Gasteiger partial charge >= 0.3 is 5.97 Å². The molecule has 110 valence electrons. The van der Waals surface area contributed by atoms with Gasteiger partial charge in [-0.25, -0.2) is 4.79 Å². The van der Waals surface area contributed by atoms with Gasteiger partial charge in [0.2, 0.25) is 0 Å². The number of hydrogen-bond acceptors (Lipinski definition) is 2. The lowest BCUT2D eigenvalue weighted by molar-refractivity contribution is 0.0695. The van der Waals surface area contributed by atoms with Gasteiger partial charge in [-0.3, -0.25) is 5.10 Å². The normalized spacial score (nSPS) is 10.8. The summed E-state index contributed by atoms with van der Waals surface area (Å²) in [6.07, 6.45) is 0. The second-order valence-corrected chi connectivity index (χ2v) is 5.17. The Kier molecular flexibility index (Phi) is 3.74. The van der Waals surface area contributed by atoms with Crippen molar-refractivity contribution in [3.05, 3.63) is 88.7 Å². The van der Waals surface area contributed by atoms with Crippen molar-refractivity contribution in [2.45, 2.75) is 12.8 Å². The van der Waals surface area contributed by atoms with Gasteiger partial charge in [0.1, 0.15) is 5.56 Å². The maximum absolute atomic E-state index is 11.6. The Morgan fingerprint density at radius 3 is 1.95 bits per heavy atom. The van der Waals surface area contributed by atoms with E-state index < -0.39 is 5.97 Å². The van der Waals surface area contributed by atoms with E-state index >= 15 is 0 Å². The molecule has 0 aliphatic heterocycles. The molecule has 0 aliphatic rings. The summed E-state index contributed by atoms with van der Waals surface area (Å²) in [7, 11) is 0. The number of rotatable bonds is 4. The van der Waals surface area contributed by atoms with Crippen molar-refractivity contribution >= 4 is 5.97 Å². The van der Waals surface area contributed by atoms with E-state index in [0.717, 1.165) is 11.1 Å². The second kappa shape index (κ2) is 5.85. The van der Waals surface area contributed by atoms with Gasteiger partial charge in [0.05, 0.1) is 11.6 Å². The number of aromatic amines is 1. The molecule has 0 saturated carbocycles. The van der Waals surface area contributed by atoms with Crippen molar-refractivity contribution in [3.63, 3.8) is 0 Å². The molecule has 1 aromatic heterocycles. The zero-order valence-corrected chi connectivity index (χ0v) is 12.2. The fourth-order valence-electron chi connectivity index (χ4n) is 2.73. The lowest BCUT2D eigenvalue weighted by Crippen LogP contribution is -2.10. The van der Waals surface area contributed by atoms with Crippen LogP contribution in [0.3, 0.4) is 0 Å². The van der Waals surface area contributed by atoms with E-state index in [1.54, 1.807) is 6.92 Å². The van der Waals surface area contributed by atoms with E-state index in [4.69, 9.17) is 0 Å². The first-order valence-corrected chi connectivity index (χ1v) is 7.06.